The Morgan fingerprint density at radius 2 is 0.933 bits per heavy atom. The average molecular weight is 397 g/mol. The van der Waals surface area contributed by atoms with Crippen molar-refractivity contribution in [1.29, 1.82) is 0 Å². The summed E-state index contributed by atoms with van der Waals surface area (Å²) in [7, 11) is 0. The minimum Gasteiger partial charge on any atom is -0.298 e. The van der Waals surface area contributed by atoms with Crippen molar-refractivity contribution in [2.24, 2.45) is 47.3 Å². The molecule has 0 radical (unpaired) electrons. The molecule has 5 fully saturated rings. The van der Waals surface area contributed by atoms with Gasteiger partial charge in [-0.25, -0.2) is 0 Å². The third-order valence-electron chi connectivity index (χ3n) is 10.3. The van der Waals surface area contributed by atoms with E-state index < -0.39 is 0 Å². The summed E-state index contributed by atoms with van der Waals surface area (Å²) in [5.41, 5.74) is 2.58. The predicted octanol–water partition coefficient (Wildman–Crippen LogP) is 6.46. The van der Waals surface area contributed by atoms with E-state index in [0.717, 1.165) is 35.5 Å². The van der Waals surface area contributed by atoms with Gasteiger partial charge in [0.2, 0.25) is 0 Å². The van der Waals surface area contributed by atoms with Gasteiger partial charge in [-0.3, -0.25) is 4.79 Å². The molecule has 154 valence electrons. The average Bonchev–Trinajstić information content (AvgIpc) is 3.44. The lowest BCUT2D eigenvalue weighted by atomic mass is 9.57. The summed E-state index contributed by atoms with van der Waals surface area (Å²) in [6.07, 6.45) is 8.62. The summed E-state index contributed by atoms with van der Waals surface area (Å²) in [5.74, 6) is 7.36. The van der Waals surface area contributed by atoms with Gasteiger partial charge in [-0.2, -0.15) is 0 Å². The molecule has 0 heterocycles. The van der Waals surface area contributed by atoms with Crippen LogP contribution in [0.2, 0.25) is 0 Å². The molecule has 8 unspecified atom stereocenters. The van der Waals surface area contributed by atoms with Gasteiger partial charge in [0.15, 0.2) is 0 Å². The molecule has 7 rings (SSSR count). The molecule has 5 aliphatic carbocycles. The zero-order chi connectivity index (χ0) is 19.8. The lowest BCUT2D eigenvalue weighted by molar-refractivity contribution is -0.121. The van der Waals surface area contributed by atoms with Gasteiger partial charge in [0.1, 0.15) is 5.78 Å². The molecule has 0 saturated heterocycles. The Hall–Kier alpha value is -1.89. The molecule has 2 aromatic rings. The van der Waals surface area contributed by atoms with E-state index in [2.05, 4.69) is 60.7 Å². The SMILES string of the molecule is O=C1C(c2ccccc2)C2C3CCC4CCC5CCC(C2C1c1ccccc1)C3C45. The van der Waals surface area contributed by atoms with Gasteiger partial charge in [0.05, 0.1) is 0 Å². The Balaban J connectivity index is 1.38. The highest BCUT2D eigenvalue weighted by atomic mass is 16.1. The summed E-state index contributed by atoms with van der Waals surface area (Å²) in [6, 6.07) is 21.7. The van der Waals surface area contributed by atoms with Crippen LogP contribution in [0.4, 0.5) is 0 Å². The molecule has 5 aliphatic rings. The molecule has 0 amide bonds. The van der Waals surface area contributed by atoms with E-state index >= 15 is 0 Å². The summed E-state index contributed by atoms with van der Waals surface area (Å²) < 4.78 is 0. The van der Waals surface area contributed by atoms with E-state index in [1.807, 2.05) is 0 Å². The molecular formula is C29H32O. The number of ketones is 1. The number of hydrogen-bond acceptors (Lipinski definition) is 1. The minimum atomic E-state index is 0.119. The maximum Gasteiger partial charge on any atom is 0.148 e. The number of fused-ring (bicyclic) bond motifs is 3. The molecule has 0 bridgehead atoms. The molecule has 0 N–H and O–H groups in total. The van der Waals surface area contributed by atoms with Crippen LogP contribution in [0.1, 0.15) is 61.5 Å². The summed E-state index contributed by atoms with van der Waals surface area (Å²) >= 11 is 0. The highest BCUT2D eigenvalue weighted by Crippen LogP contribution is 2.72. The third kappa shape index (κ3) is 2.27. The maximum atomic E-state index is 14.1. The van der Waals surface area contributed by atoms with Crippen molar-refractivity contribution in [3.63, 3.8) is 0 Å². The Bertz CT molecular complexity index is 873. The standard InChI is InChI=1S/C29H32O/c30-29-24(17-7-3-1-4-8-17)27-21-15-13-19-11-12-20-14-16-22(26(21)23(19)20)28(27)25(29)18-9-5-2-6-10-18/h1-10,19-28H,11-16H2. The number of carbonyl (C=O) groups is 1. The lowest BCUT2D eigenvalue weighted by Crippen LogP contribution is -2.41. The van der Waals surface area contributed by atoms with Crippen LogP contribution < -0.4 is 0 Å². The molecule has 5 saturated carbocycles. The molecule has 0 aromatic heterocycles. The molecule has 0 aliphatic heterocycles. The Labute approximate surface area is 180 Å². The fourth-order valence-electron chi connectivity index (χ4n) is 9.66. The predicted molar refractivity (Wildman–Crippen MR) is 119 cm³/mol. The smallest absolute Gasteiger partial charge is 0.148 e. The van der Waals surface area contributed by atoms with Crippen LogP contribution in [0.25, 0.3) is 0 Å². The maximum absolute atomic E-state index is 14.1. The molecule has 8 atom stereocenters. The highest BCUT2D eigenvalue weighted by molar-refractivity contribution is 5.95. The van der Waals surface area contributed by atoms with E-state index in [4.69, 9.17) is 0 Å². The second-order valence-electron chi connectivity index (χ2n) is 11.1. The van der Waals surface area contributed by atoms with Crippen molar-refractivity contribution in [3.8, 4) is 0 Å². The lowest BCUT2D eigenvalue weighted by Gasteiger charge is -2.47. The number of Topliss-reactive ketones (excluding diaryl/α,β-unsaturated/α-hetero) is 1. The van der Waals surface area contributed by atoms with Crippen LogP contribution in [0.5, 0.6) is 0 Å². The topological polar surface area (TPSA) is 17.1 Å². The quantitative estimate of drug-likeness (QED) is 0.569. The second-order valence-corrected chi connectivity index (χ2v) is 11.1. The van der Waals surface area contributed by atoms with Crippen molar-refractivity contribution in [2.45, 2.75) is 50.4 Å². The van der Waals surface area contributed by atoms with Crippen LogP contribution in [0.3, 0.4) is 0 Å². The van der Waals surface area contributed by atoms with E-state index in [9.17, 15) is 4.79 Å². The van der Waals surface area contributed by atoms with Gasteiger partial charge in [-0.15, -0.1) is 0 Å². The van der Waals surface area contributed by atoms with Crippen molar-refractivity contribution in [2.75, 3.05) is 0 Å². The Kier molecular flexibility index (Phi) is 3.88. The normalized spacial score (nSPS) is 45.9. The summed E-state index contributed by atoms with van der Waals surface area (Å²) in [5, 5.41) is 0. The fraction of sp³-hybridized carbons (Fsp3) is 0.552. The van der Waals surface area contributed by atoms with Crippen LogP contribution >= 0.6 is 0 Å². The first-order valence-corrected chi connectivity index (χ1v) is 12.5. The number of benzene rings is 2. The van der Waals surface area contributed by atoms with Gasteiger partial charge in [0.25, 0.3) is 0 Å². The fourth-order valence-corrected chi connectivity index (χ4v) is 9.66. The molecule has 1 nitrogen and oxygen atoms in total. The Morgan fingerprint density at radius 1 is 0.500 bits per heavy atom. The van der Waals surface area contributed by atoms with Gasteiger partial charge in [-0.05, 0) is 97.0 Å². The van der Waals surface area contributed by atoms with Crippen LogP contribution in [0.15, 0.2) is 60.7 Å². The molecule has 1 heteroatoms. The van der Waals surface area contributed by atoms with Gasteiger partial charge < -0.3 is 0 Å². The van der Waals surface area contributed by atoms with Crippen molar-refractivity contribution >= 4 is 5.78 Å². The van der Waals surface area contributed by atoms with E-state index in [1.165, 1.54) is 49.7 Å². The van der Waals surface area contributed by atoms with Gasteiger partial charge in [0, 0.05) is 11.8 Å². The third-order valence-corrected chi connectivity index (χ3v) is 10.3. The van der Waals surface area contributed by atoms with Gasteiger partial charge >= 0.3 is 0 Å². The molecular weight excluding hydrogens is 364 g/mol. The van der Waals surface area contributed by atoms with Gasteiger partial charge in [-0.1, -0.05) is 60.7 Å². The van der Waals surface area contributed by atoms with Crippen LogP contribution in [-0.4, -0.2) is 5.78 Å². The van der Waals surface area contributed by atoms with Crippen molar-refractivity contribution in [1.82, 2.24) is 0 Å². The molecule has 0 spiro atoms. The monoisotopic (exact) mass is 396 g/mol. The number of carbonyl (C=O) groups excluding carboxylic acids is 1. The van der Waals surface area contributed by atoms with E-state index in [-0.39, 0.29) is 11.8 Å². The largest absolute Gasteiger partial charge is 0.298 e. The Morgan fingerprint density at radius 3 is 1.40 bits per heavy atom. The second kappa shape index (κ2) is 6.55. The summed E-state index contributed by atoms with van der Waals surface area (Å²) in [4.78, 5) is 14.1. The number of hydrogen-bond donors (Lipinski definition) is 0. The minimum absolute atomic E-state index is 0.119. The zero-order valence-corrected chi connectivity index (χ0v) is 17.7. The first-order valence-electron chi connectivity index (χ1n) is 12.5. The van der Waals surface area contributed by atoms with E-state index in [1.54, 1.807) is 0 Å². The van der Waals surface area contributed by atoms with Crippen LogP contribution in [0, 0.1) is 47.3 Å². The van der Waals surface area contributed by atoms with E-state index in [0.29, 0.717) is 17.6 Å². The molecule has 2 aromatic carbocycles. The summed E-state index contributed by atoms with van der Waals surface area (Å²) in [6.45, 7) is 0. The van der Waals surface area contributed by atoms with Crippen molar-refractivity contribution < 1.29 is 4.79 Å². The zero-order valence-electron chi connectivity index (χ0n) is 17.7. The first-order chi connectivity index (χ1) is 14.8. The number of rotatable bonds is 2. The molecule has 30 heavy (non-hydrogen) atoms. The van der Waals surface area contributed by atoms with Crippen LogP contribution in [-0.2, 0) is 4.79 Å². The highest BCUT2D eigenvalue weighted by Gasteiger charge is 2.67. The first kappa shape index (κ1) is 17.8. The van der Waals surface area contributed by atoms with Crippen molar-refractivity contribution in [3.05, 3.63) is 71.8 Å².